The number of hydrogen-bond donors (Lipinski definition) is 2. The van der Waals surface area contributed by atoms with E-state index in [0.717, 1.165) is 16.6 Å². The summed E-state index contributed by atoms with van der Waals surface area (Å²) in [4.78, 5) is 8.63. The molecule has 0 fully saturated rings. The number of amidine groups is 1. The summed E-state index contributed by atoms with van der Waals surface area (Å²) < 4.78 is 5.73. The lowest BCUT2D eigenvalue weighted by atomic mass is 10.2. The number of benzene rings is 1. The van der Waals surface area contributed by atoms with E-state index in [1.165, 1.54) is 0 Å². The number of ether oxygens (including phenoxy) is 1. The van der Waals surface area contributed by atoms with Crippen molar-refractivity contribution in [3.63, 3.8) is 0 Å². The van der Waals surface area contributed by atoms with Gasteiger partial charge in [-0.05, 0) is 25.1 Å². The quantitative estimate of drug-likeness (QED) is 0.569. The largest absolute Gasteiger partial charge is 0.437 e. The highest BCUT2D eigenvalue weighted by atomic mass is 16.5. The topological polar surface area (TPSA) is 84.9 Å². The zero-order valence-electron chi connectivity index (χ0n) is 11.5. The smallest absolute Gasteiger partial charge is 0.220 e. The van der Waals surface area contributed by atoms with Crippen molar-refractivity contribution in [1.29, 1.82) is 5.41 Å². The van der Waals surface area contributed by atoms with E-state index >= 15 is 0 Å². The van der Waals surface area contributed by atoms with Gasteiger partial charge in [0.05, 0.1) is 11.7 Å². The second-order valence-corrected chi connectivity index (χ2v) is 4.71. The molecule has 0 radical (unpaired) electrons. The molecule has 104 valence electrons. The van der Waals surface area contributed by atoms with Gasteiger partial charge in [-0.3, -0.25) is 10.4 Å². The third-order valence-corrected chi connectivity index (χ3v) is 3.03. The van der Waals surface area contributed by atoms with Crippen molar-refractivity contribution in [3.8, 4) is 11.6 Å². The van der Waals surface area contributed by atoms with E-state index in [1.54, 1.807) is 18.3 Å². The molecule has 2 aromatic heterocycles. The number of aryl methyl sites for hydroxylation is 1. The van der Waals surface area contributed by atoms with Crippen LogP contribution in [0.2, 0.25) is 0 Å². The molecule has 0 amide bonds. The van der Waals surface area contributed by atoms with E-state index in [4.69, 9.17) is 15.9 Å². The Bertz CT molecular complexity index is 829. The van der Waals surface area contributed by atoms with Crippen LogP contribution in [0.15, 0.2) is 48.7 Å². The van der Waals surface area contributed by atoms with Crippen LogP contribution in [0, 0.1) is 12.3 Å². The number of rotatable bonds is 3. The minimum absolute atomic E-state index is 0.0120. The monoisotopic (exact) mass is 278 g/mol. The molecule has 3 N–H and O–H groups in total. The third kappa shape index (κ3) is 2.81. The molecule has 0 aliphatic carbocycles. The van der Waals surface area contributed by atoms with E-state index in [9.17, 15) is 0 Å². The summed E-state index contributed by atoms with van der Waals surface area (Å²) >= 11 is 0. The van der Waals surface area contributed by atoms with E-state index in [2.05, 4.69) is 9.97 Å². The summed E-state index contributed by atoms with van der Waals surface area (Å²) in [6.45, 7) is 1.83. The molecule has 0 bridgehead atoms. The van der Waals surface area contributed by atoms with E-state index < -0.39 is 0 Å². The van der Waals surface area contributed by atoms with Crippen LogP contribution in [0.25, 0.3) is 10.9 Å². The van der Waals surface area contributed by atoms with Crippen LogP contribution < -0.4 is 10.5 Å². The van der Waals surface area contributed by atoms with Crippen molar-refractivity contribution in [2.45, 2.75) is 6.92 Å². The molecule has 1 aromatic carbocycles. The number of para-hydroxylation sites is 1. The van der Waals surface area contributed by atoms with Gasteiger partial charge >= 0.3 is 0 Å². The number of hydrogen-bond acceptors (Lipinski definition) is 4. The zero-order valence-corrected chi connectivity index (χ0v) is 11.5. The van der Waals surface area contributed by atoms with Crippen LogP contribution in [0.3, 0.4) is 0 Å². The van der Waals surface area contributed by atoms with E-state index in [1.807, 2.05) is 37.3 Å². The Kier molecular flexibility index (Phi) is 3.23. The summed E-state index contributed by atoms with van der Waals surface area (Å²) in [5.41, 5.74) is 7.75. The maximum atomic E-state index is 7.50. The first-order valence-electron chi connectivity index (χ1n) is 6.47. The van der Waals surface area contributed by atoms with Crippen LogP contribution in [0.4, 0.5) is 0 Å². The first-order valence-corrected chi connectivity index (χ1v) is 6.47. The SMILES string of the molecule is Cc1cc(C(=N)N)cc(Oc2cnc3ccccc3c2)n1. The van der Waals surface area contributed by atoms with Gasteiger partial charge < -0.3 is 10.5 Å². The Hall–Kier alpha value is -2.95. The van der Waals surface area contributed by atoms with Gasteiger partial charge in [0.15, 0.2) is 0 Å². The van der Waals surface area contributed by atoms with Gasteiger partial charge in [0.2, 0.25) is 5.88 Å². The fraction of sp³-hybridized carbons (Fsp3) is 0.0625. The Morgan fingerprint density at radius 2 is 2.00 bits per heavy atom. The number of pyridine rings is 2. The van der Waals surface area contributed by atoms with Gasteiger partial charge in [0, 0.05) is 22.7 Å². The number of fused-ring (bicyclic) bond motifs is 1. The summed E-state index contributed by atoms with van der Waals surface area (Å²) in [7, 11) is 0. The van der Waals surface area contributed by atoms with Crippen molar-refractivity contribution in [1.82, 2.24) is 9.97 Å². The second kappa shape index (κ2) is 5.20. The summed E-state index contributed by atoms with van der Waals surface area (Å²) in [5, 5.41) is 8.49. The molecule has 21 heavy (non-hydrogen) atoms. The molecule has 0 spiro atoms. The lowest BCUT2D eigenvalue weighted by Crippen LogP contribution is -2.11. The molecule has 5 nitrogen and oxygen atoms in total. The van der Waals surface area contributed by atoms with Gasteiger partial charge in [-0.1, -0.05) is 18.2 Å². The van der Waals surface area contributed by atoms with E-state index in [0.29, 0.717) is 17.2 Å². The number of nitrogen functional groups attached to an aromatic ring is 1. The van der Waals surface area contributed by atoms with Gasteiger partial charge in [-0.2, -0.15) is 0 Å². The molecule has 3 rings (SSSR count). The molecule has 0 aliphatic rings. The normalized spacial score (nSPS) is 10.5. The highest BCUT2D eigenvalue weighted by Gasteiger charge is 2.06. The first-order chi connectivity index (χ1) is 10.1. The van der Waals surface area contributed by atoms with Crippen molar-refractivity contribution in [2.75, 3.05) is 0 Å². The van der Waals surface area contributed by atoms with Gasteiger partial charge in [-0.25, -0.2) is 4.98 Å². The zero-order chi connectivity index (χ0) is 14.8. The fourth-order valence-corrected chi connectivity index (χ4v) is 2.07. The fourth-order valence-electron chi connectivity index (χ4n) is 2.07. The molecule has 0 atom stereocenters. The molecular weight excluding hydrogens is 264 g/mol. The number of aromatic nitrogens is 2. The Morgan fingerprint density at radius 1 is 1.19 bits per heavy atom. The minimum atomic E-state index is -0.0120. The van der Waals surface area contributed by atoms with Crippen LogP contribution in [0.5, 0.6) is 11.6 Å². The second-order valence-electron chi connectivity index (χ2n) is 4.71. The third-order valence-electron chi connectivity index (χ3n) is 3.03. The van der Waals surface area contributed by atoms with Crippen LogP contribution in [-0.4, -0.2) is 15.8 Å². The molecule has 0 saturated carbocycles. The molecular formula is C16H14N4O. The Morgan fingerprint density at radius 3 is 2.81 bits per heavy atom. The van der Waals surface area contributed by atoms with Crippen LogP contribution in [0.1, 0.15) is 11.3 Å². The van der Waals surface area contributed by atoms with Gasteiger partial charge in [0.25, 0.3) is 0 Å². The van der Waals surface area contributed by atoms with Crippen molar-refractivity contribution >= 4 is 16.7 Å². The number of nitrogens with zero attached hydrogens (tertiary/aromatic N) is 2. The number of nitrogens with two attached hydrogens (primary N) is 1. The minimum Gasteiger partial charge on any atom is -0.437 e. The lowest BCUT2D eigenvalue weighted by Gasteiger charge is -2.08. The Balaban J connectivity index is 1.96. The molecule has 5 heteroatoms. The Labute approximate surface area is 121 Å². The lowest BCUT2D eigenvalue weighted by molar-refractivity contribution is 0.460. The predicted octanol–water partition coefficient (Wildman–Crippen LogP) is 3.01. The summed E-state index contributed by atoms with van der Waals surface area (Å²) in [6.07, 6.45) is 1.65. The first kappa shape index (κ1) is 13.1. The van der Waals surface area contributed by atoms with Crippen molar-refractivity contribution in [3.05, 3.63) is 59.9 Å². The van der Waals surface area contributed by atoms with Gasteiger partial charge in [0.1, 0.15) is 11.6 Å². The molecule has 0 saturated heterocycles. The van der Waals surface area contributed by atoms with Crippen molar-refractivity contribution < 1.29 is 4.74 Å². The van der Waals surface area contributed by atoms with Crippen LogP contribution >= 0.6 is 0 Å². The van der Waals surface area contributed by atoms with Gasteiger partial charge in [-0.15, -0.1) is 0 Å². The van der Waals surface area contributed by atoms with Crippen LogP contribution in [-0.2, 0) is 0 Å². The predicted molar refractivity (Wildman–Crippen MR) is 81.8 cm³/mol. The maximum Gasteiger partial charge on any atom is 0.220 e. The molecule has 2 heterocycles. The summed E-state index contributed by atoms with van der Waals surface area (Å²) in [6, 6.07) is 13.1. The highest BCUT2D eigenvalue weighted by Crippen LogP contribution is 2.23. The maximum absolute atomic E-state index is 7.50. The standard InChI is InChI=1S/C16H14N4O/c1-10-6-12(16(17)18)8-15(20-10)21-13-7-11-4-2-3-5-14(11)19-9-13/h2-9H,1H3,(H3,17,18). The van der Waals surface area contributed by atoms with Crippen molar-refractivity contribution in [2.24, 2.45) is 5.73 Å². The summed E-state index contributed by atoms with van der Waals surface area (Å²) in [5.74, 6) is 0.987. The molecule has 0 aliphatic heterocycles. The average molecular weight is 278 g/mol. The molecule has 0 unspecified atom stereocenters. The van der Waals surface area contributed by atoms with E-state index in [-0.39, 0.29) is 5.84 Å². The average Bonchev–Trinajstić information content (AvgIpc) is 2.46. The number of nitrogens with one attached hydrogen (secondary N) is 1. The highest BCUT2D eigenvalue weighted by molar-refractivity contribution is 5.95. The molecule has 3 aromatic rings.